The Bertz CT molecular complexity index is 913. The fourth-order valence-corrected chi connectivity index (χ4v) is 3.10. The number of nitrogens with one attached hydrogen (secondary N) is 2. The highest BCUT2D eigenvalue weighted by Crippen LogP contribution is 2.27. The van der Waals surface area contributed by atoms with E-state index in [9.17, 15) is 0 Å². The van der Waals surface area contributed by atoms with Gasteiger partial charge in [-0.3, -0.25) is 4.98 Å². The summed E-state index contributed by atoms with van der Waals surface area (Å²) in [7, 11) is 0. The van der Waals surface area contributed by atoms with E-state index >= 15 is 0 Å². The van der Waals surface area contributed by atoms with Crippen LogP contribution in [-0.2, 0) is 13.0 Å². The van der Waals surface area contributed by atoms with Crippen LogP contribution >= 0.6 is 0 Å². The predicted molar refractivity (Wildman–Crippen MR) is 91.1 cm³/mol. The van der Waals surface area contributed by atoms with E-state index in [0.29, 0.717) is 0 Å². The van der Waals surface area contributed by atoms with Gasteiger partial charge in [0, 0.05) is 41.3 Å². The highest BCUT2D eigenvalue weighted by atomic mass is 14.9. The summed E-state index contributed by atoms with van der Waals surface area (Å²) in [6.07, 6.45) is 5.75. The smallest absolute Gasteiger partial charge is 0.137 e. The van der Waals surface area contributed by atoms with Crippen molar-refractivity contribution < 1.29 is 0 Å². The maximum atomic E-state index is 4.64. The van der Waals surface area contributed by atoms with Gasteiger partial charge in [0.1, 0.15) is 5.69 Å². The molecule has 3 aromatic heterocycles. The second-order valence-electron chi connectivity index (χ2n) is 5.88. The van der Waals surface area contributed by atoms with Gasteiger partial charge in [-0.05, 0) is 56.0 Å². The summed E-state index contributed by atoms with van der Waals surface area (Å²) >= 11 is 0. The van der Waals surface area contributed by atoms with E-state index in [1.165, 1.54) is 16.6 Å². The van der Waals surface area contributed by atoms with E-state index in [4.69, 9.17) is 0 Å². The van der Waals surface area contributed by atoms with Crippen LogP contribution in [0.15, 0.2) is 30.6 Å². The van der Waals surface area contributed by atoms with E-state index in [1.54, 1.807) is 12.4 Å². The molecule has 1 aliphatic rings. The lowest BCUT2D eigenvalue weighted by molar-refractivity contribution is 0.680. The van der Waals surface area contributed by atoms with Crippen LogP contribution in [0, 0.1) is 18.8 Å². The van der Waals surface area contributed by atoms with Crippen molar-refractivity contribution in [3.63, 3.8) is 0 Å². The molecule has 0 atom stereocenters. The summed E-state index contributed by atoms with van der Waals surface area (Å²) in [5.74, 6) is 6.41. The molecule has 3 aromatic rings. The molecule has 4 heterocycles. The standard InChI is InChI=1S/C19H18N4/c1-13-11-15-16-12-21-8-2-3-17(16)23-19(15)18(22-13)5-4-14-6-9-20-10-7-14/h6-7,9-11,21,23H,2-3,8,12H2,1H3. The van der Waals surface area contributed by atoms with E-state index in [1.807, 2.05) is 19.1 Å². The zero-order valence-electron chi connectivity index (χ0n) is 13.1. The number of aromatic amines is 1. The number of H-pyrrole nitrogens is 1. The minimum Gasteiger partial charge on any atom is -0.356 e. The largest absolute Gasteiger partial charge is 0.356 e. The summed E-state index contributed by atoms with van der Waals surface area (Å²) in [4.78, 5) is 12.2. The minimum atomic E-state index is 0.824. The van der Waals surface area contributed by atoms with Crippen molar-refractivity contribution in [1.29, 1.82) is 0 Å². The molecule has 0 spiro atoms. The molecule has 0 aliphatic carbocycles. The zero-order chi connectivity index (χ0) is 15.6. The van der Waals surface area contributed by atoms with E-state index in [-0.39, 0.29) is 0 Å². The Hall–Kier alpha value is -2.64. The Balaban J connectivity index is 1.86. The lowest BCUT2D eigenvalue weighted by Crippen LogP contribution is -2.12. The number of rotatable bonds is 0. The number of hydrogen-bond acceptors (Lipinski definition) is 3. The SMILES string of the molecule is Cc1cc2c3c([nH]c2c(C#Cc2ccncc2)n1)CCCNC3. The highest BCUT2D eigenvalue weighted by Gasteiger charge is 2.16. The topological polar surface area (TPSA) is 53.6 Å². The van der Waals surface area contributed by atoms with Crippen LogP contribution in [0.4, 0.5) is 0 Å². The second-order valence-corrected chi connectivity index (χ2v) is 5.88. The van der Waals surface area contributed by atoms with Crippen LogP contribution in [0.25, 0.3) is 10.9 Å². The summed E-state index contributed by atoms with van der Waals surface area (Å²) in [5.41, 5.74) is 6.53. The molecule has 4 heteroatoms. The first-order valence-electron chi connectivity index (χ1n) is 7.95. The number of aryl methyl sites for hydroxylation is 2. The first kappa shape index (κ1) is 14.0. The Labute approximate surface area is 135 Å². The average Bonchev–Trinajstić information content (AvgIpc) is 2.76. The highest BCUT2D eigenvalue weighted by molar-refractivity contribution is 5.88. The predicted octanol–water partition coefficient (Wildman–Crippen LogP) is 2.70. The summed E-state index contributed by atoms with van der Waals surface area (Å²) < 4.78 is 0. The third-order valence-electron chi connectivity index (χ3n) is 4.20. The van der Waals surface area contributed by atoms with Crippen molar-refractivity contribution >= 4 is 10.9 Å². The van der Waals surface area contributed by atoms with Gasteiger partial charge in [-0.2, -0.15) is 0 Å². The van der Waals surface area contributed by atoms with Crippen LogP contribution in [-0.4, -0.2) is 21.5 Å². The molecule has 0 bridgehead atoms. The first-order valence-corrected chi connectivity index (χ1v) is 7.95. The van der Waals surface area contributed by atoms with Crippen molar-refractivity contribution in [2.75, 3.05) is 6.54 Å². The Morgan fingerprint density at radius 3 is 2.91 bits per heavy atom. The molecule has 1 aliphatic heterocycles. The van der Waals surface area contributed by atoms with Crippen molar-refractivity contribution in [3.8, 4) is 11.8 Å². The molecule has 4 nitrogen and oxygen atoms in total. The van der Waals surface area contributed by atoms with Gasteiger partial charge in [-0.15, -0.1) is 0 Å². The Kier molecular flexibility index (Phi) is 3.57. The number of hydrogen-bond donors (Lipinski definition) is 2. The van der Waals surface area contributed by atoms with E-state index in [0.717, 1.165) is 48.4 Å². The molecule has 0 amide bonds. The quantitative estimate of drug-likeness (QED) is 0.628. The molecule has 0 saturated heterocycles. The number of aromatic nitrogens is 3. The average molecular weight is 302 g/mol. The lowest BCUT2D eigenvalue weighted by atomic mass is 10.1. The van der Waals surface area contributed by atoms with Crippen LogP contribution < -0.4 is 5.32 Å². The number of nitrogens with zero attached hydrogens (tertiary/aromatic N) is 2. The molecular weight excluding hydrogens is 284 g/mol. The molecular formula is C19H18N4. The van der Waals surface area contributed by atoms with Gasteiger partial charge in [0.15, 0.2) is 0 Å². The minimum absolute atomic E-state index is 0.824. The molecule has 4 rings (SSSR count). The van der Waals surface area contributed by atoms with Crippen molar-refractivity contribution in [1.82, 2.24) is 20.3 Å². The van der Waals surface area contributed by atoms with Gasteiger partial charge in [0.25, 0.3) is 0 Å². The van der Waals surface area contributed by atoms with Crippen molar-refractivity contribution in [2.45, 2.75) is 26.3 Å². The molecule has 0 fully saturated rings. The van der Waals surface area contributed by atoms with Crippen LogP contribution in [0.2, 0.25) is 0 Å². The molecule has 23 heavy (non-hydrogen) atoms. The fraction of sp³-hybridized carbons (Fsp3) is 0.263. The fourth-order valence-electron chi connectivity index (χ4n) is 3.10. The second kappa shape index (κ2) is 5.86. The van der Waals surface area contributed by atoms with E-state index < -0.39 is 0 Å². The monoisotopic (exact) mass is 302 g/mol. The number of fused-ring (bicyclic) bond motifs is 3. The van der Waals surface area contributed by atoms with Crippen LogP contribution in [0.3, 0.4) is 0 Å². The van der Waals surface area contributed by atoms with Gasteiger partial charge in [-0.25, -0.2) is 4.98 Å². The van der Waals surface area contributed by atoms with Gasteiger partial charge >= 0.3 is 0 Å². The third kappa shape index (κ3) is 2.71. The molecule has 0 radical (unpaired) electrons. The first-order chi connectivity index (χ1) is 11.3. The van der Waals surface area contributed by atoms with E-state index in [2.05, 4.69) is 38.2 Å². The van der Waals surface area contributed by atoms with Gasteiger partial charge in [-0.1, -0.05) is 5.92 Å². The normalized spacial score (nSPS) is 14.0. The van der Waals surface area contributed by atoms with Crippen molar-refractivity contribution in [3.05, 3.63) is 58.8 Å². The van der Waals surface area contributed by atoms with Gasteiger partial charge in [0.2, 0.25) is 0 Å². The third-order valence-corrected chi connectivity index (χ3v) is 4.20. The maximum Gasteiger partial charge on any atom is 0.137 e. The lowest BCUT2D eigenvalue weighted by Gasteiger charge is -2.02. The molecule has 0 saturated carbocycles. The zero-order valence-corrected chi connectivity index (χ0v) is 13.1. The van der Waals surface area contributed by atoms with Crippen LogP contribution in [0.1, 0.15) is 34.6 Å². The Morgan fingerprint density at radius 2 is 2.04 bits per heavy atom. The molecule has 2 N–H and O–H groups in total. The van der Waals surface area contributed by atoms with Crippen molar-refractivity contribution in [2.24, 2.45) is 0 Å². The van der Waals surface area contributed by atoms with Crippen LogP contribution in [0.5, 0.6) is 0 Å². The number of pyridine rings is 2. The summed E-state index contributed by atoms with van der Waals surface area (Å²) in [6, 6.07) is 5.98. The molecule has 0 unspecified atom stereocenters. The van der Waals surface area contributed by atoms with Gasteiger partial charge in [0.05, 0.1) is 5.52 Å². The molecule has 114 valence electrons. The maximum absolute atomic E-state index is 4.64. The van der Waals surface area contributed by atoms with Gasteiger partial charge < -0.3 is 10.3 Å². The Morgan fingerprint density at radius 1 is 1.17 bits per heavy atom. The summed E-state index contributed by atoms with van der Waals surface area (Å²) in [5, 5.41) is 4.75. The molecule has 0 aromatic carbocycles. The summed E-state index contributed by atoms with van der Waals surface area (Å²) in [6.45, 7) is 4.01.